The fourth-order valence-corrected chi connectivity index (χ4v) is 3.00. The molecule has 2 aromatic carbocycles. The van der Waals surface area contributed by atoms with E-state index in [0.717, 1.165) is 6.92 Å². The number of rotatable bonds is 5. The van der Waals surface area contributed by atoms with Crippen molar-refractivity contribution in [2.75, 3.05) is 0 Å². The van der Waals surface area contributed by atoms with Gasteiger partial charge in [0.1, 0.15) is 17.5 Å². The highest BCUT2D eigenvalue weighted by Gasteiger charge is 2.41. The number of hydrogen-bond acceptors (Lipinski definition) is 2. The van der Waals surface area contributed by atoms with Crippen LogP contribution in [0, 0.1) is 0 Å². The van der Waals surface area contributed by atoms with E-state index in [2.05, 4.69) is 4.74 Å². The van der Waals surface area contributed by atoms with Gasteiger partial charge in [-0.05, 0) is 36.8 Å². The summed E-state index contributed by atoms with van der Waals surface area (Å²) in [6, 6.07) is 3.00. The Kier molecular flexibility index (Phi) is 7.42. The lowest BCUT2D eigenvalue weighted by Crippen LogP contribution is -2.20. The van der Waals surface area contributed by atoms with Crippen molar-refractivity contribution in [2.45, 2.75) is 31.6 Å². The molecular weight excluding hydrogens is 498 g/mol. The van der Waals surface area contributed by atoms with Gasteiger partial charge >= 0.3 is 18.7 Å². The SMILES string of the molecule is CC(=O)c1ccc(/C(F)=C/C(c2ccc(OC(F)(F)F)c(Cl)c2)C(F)(F)F)cc1C(F)(F)F. The molecule has 0 amide bonds. The molecule has 1 atom stereocenters. The van der Waals surface area contributed by atoms with Crippen LogP contribution in [0.4, 0.5) is 43.9 Å². The molecule has 2 aromatic rings. The second-order valence-corrected chi connectivity index (χ2v) is 6.99. The first-order chi connectivity index (χ1) is 14.9. The molecule has 0 saturated carbocycles. The van der Waals surface area contributed by atoms with Gasteiger partial charge in [0.2, 0.25) is 0 Å². The summed E-state index contributed by atoms with van der Waals surface area (Å²) in [6.45, 7) is 0.825. The minimum Gasteiger partial charge on any atom is -0.404 e. The van der Waals surface area contributed by atoms with Gasteiger partial charge < -0.3 is 4.74 Å². The van der Waals surface area contributed by atoms with Gasteiger partial charge in [-0.25, -0.2) is 4.39 Å². The summed E-state index contributed by atoms with van der Waals surface area (Å²) in [5, 5.41) is -0.863. The number of carbonyl (C=O) groups excluding carboxylic acids is 1. The van der Waals surface area contributed by atoms with Gasteiger partial charge in [-0.3, -0.25) is 4.79 Å². The zero-order valence-electron chi connectivity index (χ0n) is 16.1. The lowest BCUT2D eigenvalue weighted by molar-refractivity contribution is -0.274. The molecule has 0 aromatic heterocycles. The van der Waals surface area contributed by atoms with Crippen LogP contribution in [0.25, 0.3) is 5.83 Å². The van der Waals surface area contributed by atoms with E-state index in [0.29, 0.717) is 30.3 Å². The van der Waals surface area contributed by atoms with Crippen molar-refractivity contribution in [3.8, 4) is 5.75 Å². The van der Waals surface area contributed by atoms with Gasteiger partial charge in [0.05, 0.1) is 10.6 Å². The normalized spacial score (nSPS) is 14.2. The molecule has 0 bridgehead atoms. The van der Waals surface area contributed by atoms with Crippen LogP contribution in [-0.2, 0) is 6.18 Å². The highest BCUT2D eigenvalue weighted by atomic mass is 35.5. The molecule has 180 valence electrons. The van der Waals surface area contributed by atoms with E-state index >= 15 is 0 Å². The summed E-state index contributed by atoms with van der Waals surface area (Å²) in [5.41, 5.74) is -4.05. The topological polar surface area (TPSA) is 26.3 Å². The standard InChI is InChI=1S/C20H11ClF10O2/c1-9(32)12-4-2-11(6-14(12)19(26,27)28)16(22)8-13(18(23,24)25)10-3-5-17(15(21)7-10)33-20(29,30)31/h2-8,13H,1H3/b16-8-. The maximum atomic E-state index is 14.6. The molecule has 0 radical (unpaired) electrons. The Balaban J connectivity index is 2.54. The fourth-order valence-electron chi connectivity index (χ4n) is 2.77. The quantitative estimate of drug-likeness (QED) is 0.301. The Morgan fingerprint density at radius 1 is 0.970 bits per heavy atom. The van der Waals surface area contributed by atoms with Crippen molar-refractivity contribution in [1.29, 1.82) is 0 Å². The second-order valence-electron chi connectivity index (χ2n) is 6.59. The molecule has 0 spiro atoms. The molecule has 1 unspecified atom stereocenters. The van der Waals surface area contributed by atoms with Gasteiger partial charge in [0.15, 0.2) is 5.78 Å². The van der Waals surface area contributed by atoms with Gasteiger partial charge in [-0.15, -0.1) is 13.2 Å². The number of hydrogen-bond donors (Lipinski definition) is 0. The molecule has 0 saturated heterocycles. The predicted octanol–water partition coefficient (Wildman–Crippen LogP) is 8.12. The number of halogens is 11. The van der Waals surface area contributed by atoms with E-state index in [4.69, 9.17) is 11.6 Å². The van der Waals surface area contributed by atoms with Crippen molar-refractivity contribution in [3.05, 3.63) is 69.8 Å². The molecule has 0 N–H and O–H groups in total. The first-order valence-corrected chi connectivity index (χ1v) is 8.99. The zero-order chi connectivity index (χ0) is 25.4. The van der Waals surface area contributed by atoms with Crippen LogP contribution in [0.1, 0.15) is 39.9 Å². The largest absolute Gasteiger partial charge is 0.573 e. The molecule has 0 heterocycles. The van der Waals surface area contributed by atoms with E-state index in [1.54, 1.807) is 0 Å². The highest BCUT2D eigenvalue weighted by Crippen LogP contribution is 2.42. The Morgan fingerprint density at radius 3 is 2.03 bits per heavy atom. The Hall–Kier alpha value is -2.76. The Bertz CT molecular complexity index is 1070. The van der Waals surface area contributed by atoms with Crippen LogP contribution < -0.4 is 4.74 Å². The third-order valence-electron chi connectivity index (χ3n) is 4.19. The summed E-state index contributed by atoms with van der Waals surface area (Å²) in [7, 11) is 0. The molecule has 2 nitrogen and oxygen atoms in total. The van der Waals surface area contributed by atoms with Crippen molar-refractivity contribution in [1.82, 2.24) is 0 Å². The van der Waals surface area contributed by atoms with E-state index in [9.17, 15) is 48.7 Å². The maximum Gasteiger partial charge on any atom is 0.573 e. The van der Waals surface area contributed by atoms with Crippen LogP contribution >= 0.6 is 11.6 Å². The Morgan fingerprint density at radius 2 is 1.58 bits per heavy atom. The van der Waals surface area contributed by atoms with Crippen LogP contribution in [-0.4, -0.2) is 18.3 Å². The molecule has 0 aliphatic heterocycles. The monoisotopic (exact) mass is 508 g/mol. The molecule has 2 rings (SSSR count). The molecular formula is C20H11ClF10O2. The van der Waals surface area contributed by atoms with Crippen LogP contribution in [0.3, 0.4) is 0 Å². The molecule has 0 aliphatic carbocycles. The van der Waals surface area contributed by atoms with Crippen molar-refractivity contribution < 1.29 is 53.4 Å². The molecule has 0 fully saturated rings. The highest BCUT2D eigenvalue weighted by molar-refractivity contribution is 6.32. The molecule has 0 aliphatic rings. The number of Topliss-reactive ketones (excluding diaryl/α,β-unsaturated/α-hetero) is 1. The smallest absolute Gasteiger partial charge is 0.404 e. The third kappa shape index (κ3) is 6.86. The summed E-state index contributed by atoms with van der Waals surface area (Å²) < 4.78 is 135. The van der Waals surface area contributed by atoms with Gasteiger partial charge in [0, 0.05) is 11.1 Å². The fraction of sp³-hybridized carbons (Fsp3) is 0.250. The number of carbonyl (C=O) groups is 1. The van der Waals surface area contributed by atoms with Crippen LogP contribution in [0.15, 0.2) is 42.5 Å². The number of ether oxygens (including phenoxy) is 1. The molecule has 33 heavy (non-hydrogen) atoms. The third-order valence-corrected chi connectivity index (χ3v) is 4.48. The minimum absolute atomic E-state index is 0.0567. The van der Waals surface area contributed by atoms with Crippen molar-refractivity contribution in [3.63, 3.8) is 0 Å². The van der Waals surface area contributed by atoms with Gasteiger partial charge in [0.25, 0.3) is 0 Å². The van der Waals surface area contributed by atoms with E-state index < -0.39 is 69.3 Å². The number of allylic oxidation sites excluding steroid dienone is 1. The summed E-state index contributed by atoms with van der Waals surface area (Å²) >= 11 is 5.54. The van der Waals surface area contributed by atoms with Gasteiger partial charge in [-0.2, -0.15) is 26.3 Å². The zero-order valence-corrected chi connectivity index (χ0v) is 16.8. The van der Waals surface area contributed by atoms with E-state index in [1.165, 1.54) is 0 Å². The number of alkyl halides is 9. The molecule has 13 heteroatoms. The summed E-state index contributed by atoms with van der Waals surface area (Å²) in [5.74, 6) is -6.50. The average molecular weight is 509 g/mol. The Labute approximate surface area is 184 Å². The number of ketones is 1. The minimum atomic E-state index is -5.20. The maximum absolute atomic E-state index is 14.6. The van der Waals surface area contributed by atoms with Crippen LogP contribution in [0.2, 0.25) is 5.02 Å². The van der Waals surface area contributed by atoms with Crippen molar-refractivity contribution >= 4 is 23.2 Å². The second kappa shape index (κ2) is 9.24. The summed E-state index contributed by atoms with van der Waals surface area (Å²) in [4.78, 5) is 11.4. The van der Waals surface area contributed by atoms with E-state index in [-0.39, 0.29) is 12.1 Å². The van der Waals surface area contributed by atoms with E-state index in [1.807, 2.05) is 0 Å². The predicted molar refractivity (Wildman–Crippen MR) is 97.5 cm³/mol. The van der Waals surface area contributed by atoms with Crippen molar-refractivity contribution in [2.24, 2.45) is 0 Å². The van der Waals surface area contributed by atoms with Crippen LogP contribution in [0.5, 0.6) is 5.75 Å². The first-order valence-electron chi connectivity index (χ1n) is 8.62. The number of benzene rings is 2. The average Bonchev–Trinajstić information content (AvgIpc) is 2.64. The lowest BCUT2D eigenvalue weighted by Gasteiger charge is -2.19. The lowest BCUT2D eigenvalue weighted by atomic mass is 9.95. The summed E-state index contributed by atoms with van der Waals surface area (Å²) in [6.07, 6.45) is -15.5. The first kappa shape index (κ1) is 26.5. The van der Waals surface area contributed by atoms with Gasteiger partial charge in [-0.1, -0.05) is 29.8 Å².